The van der Waals surface area contributed by atoms with Crippen LogP contribution in [-0.4, -0.2) is 16.1 Å². The Bertz CT molecular complexity index is 304. The molecule has 0 radical (unpaired) electrons. The molecule has 1 aromatic rings. The van der Waals surface area contributed by atoms with E-state index in [4.69, 9.17) is 0 Å². The first-order chi connectivity index (χ1) is 6.22. The summed E-state index contributed by atoms with van der Waals surface area (Å²) in [4.78, 5) is 10.6. The maximum Gasteiger partial charge on any atom is 0.170 e. The minimum atomic E-state index is 0.446. The van der Waals surface area contributed by atoms with Gasteiger partial charge >= 0.3 is 0 Å². The highest BCUT2D eigenvalue weighted by Gasteiger charge is 2.27. The van der Waals surface area contributed by atoms with E-state index in [0.717, 1.165) is 6.29 Å². The number of aromatic nitrogens is 2. The molecule has 1 fully saturated rings. The van der Waals surface area contributed by atoms with E-state index in [1.807, 2.05) is 10.7 Å². The normalized spacial score (nSPS) is 16.5. The summed E-state index contributed by atoms with van der Waals surface area (Å²) >= 11 is 0. The molecule has 0 unspecified atom stereocenters. The maximum atomic E-state index is 10.6. The molecule has 70 valence electrons. The molecule has 1 aromatic heterocycles. The van der Waals surface area contributed by atoms with Gasteiger partial charge in [-0.15, -0.1) is 0 Å². The van der Waals surface area contributed by atoms with Gasteiger partial charge in [0.15, 0.2) is 6.29 Å². The largest absolute Gasteiger partial charge is 0.296 e. The zero-order valence-corrected chi connectivity index (χ0v) is 8.03. The highest BCUT2D eigenvalue weighted by molar-refractivity contribution is 5.71. The molecule has 0 saturated heterocycles. The van der Waals surface area contributed by atoms with Crippen molar-refractivity contribution in [2.24, 2.45) is 0 Å². The molecule has 1 aliphatic rings. The van der Waals surface area contributed by atoms with Crippen LogP contribution in [0.25, 0.3) is 0 Å². The molecular formula is C10H14N2O. The molecule has 0 aromatic carbocycles. The van der Waals surface area contributed by atoms with E-state index in [1.165, 1.54) is 18.5 Å². The lowest BCUT2D eigenvalue weighted by Crippen LogP contribution is -2.03. The molecular weight excluding hydrogens is 164 g/mol. The Labute approximate surface area is 77.7 Å². The van der Waals surface area contributed by atoms with Crippen molar-refractivity contribution in [2.45, 2.75) is 38.6 Å². The molecule has 3 heteroatoms. The van der Waals surface area contributed by atoms with Gasteiger partial charge in [0, 0.05) is 5.69 Å². The molecule has 1 saturated carbocycles. The third-order valence-corrected chi connectivity index (χ3v) is 2.39. The van der Waals surface area contributed by atoms with Crippen LogP contribution in [0.15, 0.2) is 6.07 Å². The Morgan fingerprint density at radius 2 is 2.31 bits per heavy atom. The maximum absolute atomic E-state index is 10.6. The van der Waals surface area contributed by atoms with Crippen LogP contribution >= 0.6 is 0 Å². The van der Waals surface area contributed by atoms with E-state index in [2.05, 4.69) is 18.9 Å². The number of carbonyl (C=O) groups excluding carboxylic acids is 1. The van der Waals surface area contributed by atoms with Gasteiger partial charge in [0.25, 0.3) is 0 Å². The third kappa shape index (κ3) is 1.50. The number of hydrogen-bond acceptors (Lipinski definition) is 2. The predicted octanol–water partition coefficient (Wildman–Crippen LogP) is 2.15. The predicted molar refractivity (Wildman–Crippen MR) is 50.0 cm³/mol. The van der Waals surface area contributed by atoms with Gasteiger partial charge in [0.05, 0.1) is 6.04 Å². The zero-order valence-electron chi connectivity index (χ0n) is 8.03. The highest BCUT2D eigenvalue weighted by atomic mass is 16.1. The first-order valence-corrected chi connectivity index (χ1v) is 4.77. The van der Waals surface area contributed by atoms with Crippen LogP contribution in [0.1, 0.15) is 54.8 Å². The molecule has 1 heterocycles. The molecule has 0 N–H and O–H groups in total. The molecule has 3 nitrogen and oxygen atoms in total. The summed E-state index contributed by atoms with van der Waals surface area (Å²) in [6.07, 6.45) is 3.24. The second-order valence-corrected chi connectivity index (χ2v) is 3.94. The van der Waals surface area contributed by atoms with Crippen molar-refractivity contribution in [3.8, 4) is 0 Å². The molecule has 2 rings (SSSR count). The van der Waals surface area contributed by atoms with Crippen molar-refractivity contribution in [2.75, 3.05) is 0 Å². The van der Waals surface area contributed by atoms with Crippen LogP contribution in [0.4, 0.5) is 0 Å². The van der Waals surface area contributed by atoms with E-state index in [1.54, 1.807) is 0 Å². The lowest BCUT2D eigenvalue weighted by molar-refractivity contribution is 0.111. The molecule has 0 aliphatic heterocycles. The van der Waals surface area contributed by atoms with Gasteiger partial charge in [-0.3, -0.25) is 9.48 Å². The average Bonchev–Trinajstić information content (AvgIpc) is 2.84. The second-order valence-electron chi connectivity index (χ2n) is 3.94. The van der Waals surface area contributed by atoms with Crippen LogP contribution < -0.4 is 0 Å². The van der Waals surface area contributed by atoms with Crippen LogP contribution in [0.2, 0.25) is 0 Å². The van der Waals surface area contributed by atoms with Crippen LogP contribution in [0.3, 0.4) is 0 Å². The molecule has 0 amide bonds. The highest BCUT2D eigenvalue weighted by Crippen LogP contribution is 2.36. The summed E-state index contributed by atoms with van der Waals surface area (Å²) in [6, 6.07) is 2.46. The van der Waals surface area contributed by atoms with Gasteiger partial charge < -0.3 is 0 Å². The van der Waals surface area contributed by atoms with Gasteiger partial charge in [-0.25, -0.2) is 0 Å². The summed E-state index contributed by atoms with van der Waals surface area (Å²) < 4.78 is 2.02. The van der Waals surface area contributed by atoms with Crippen molar-refractivity contribution >= 4 is 6.29 Å². The fourth-order valence-electron chi connectivity index (χ4n) is 1.53. The molecule has 0 atom stereocenters. The van der Waals surface area contributed by atoms with Gasteiger partial charge in [-0.05, 0) is 24.8 Å². The lowest BCUT2D eigenvalue weighted by Gasteiger charge is -2.07. The molecule has 0 bridgehead atoms. The van der Waals surface area contributed by atoms with Crippen molar-refractivity contribution in [1.29, 1.82) is 0 Å². The second kappa shape index (κ2) is 2.98. The van der Waals surface area contributed by atoms with Crippen molar-refractivity contribution in [3.05, 3.63) is 17.5 Å². The SMILES string of the molecule is CC(C)c1cc(C=O)nn1C1CC1. The summed E-state index contributed by atoms with van der Waals surface area (Å²) in [5.41, 5.74) is 1.75. The number of aldehydes is 1. The standard InChI is InChI=1S/C10H14N2O/c1-7(2)10-5-8(6-13)11-12(10)9-3-4-9/h5-7,9H,3-4H2,1-2H3. The number of carbonyl (C=O) groups is 1. The Morgan fingerprint density at radius 3 is 2.77 bits per heavy atom. The van der Waals surface area contributed by atoms with Gasteiger partial charge in [-0.1, -0.05) is 13.8 Å². The number of nitrogens with zero attached hydrogens (tertiary/aromatic N) is 2. The summed E-state index contributed by atoms with van der Waals surface area (Å²) in [5, 5.41) is 4.26. The van der Waals surface area contributed by atoms with E-state index in [9.17, 15) is 4.79 Å². The van der Waals surface area contributed by atoms with Gasteiger partial charge in [0.1, 0.15) is 5.69 Å². The smallest absolute Gasteiger partial charge is 0.170 e. The van der Waals surface area contributed by atoms with E-state index in [0.29, 0.717) is 17.7 Å². The third-order valence-electron chi connectivity index (χ3n) is 2.39. The number of rotatable bonds is 3. The van der Waals surface area contributed by atoms with E-state index in [-0.39, 0.29) is 0 Å². The Kier molecular flexibility index (Phi) is 1.94. The first kappa shape index (κ1) is 8.48. The molecule has 13 heavy (non-hydrogen) atoms. The zero-order chi connectivity index (χ0) is 9.42. The first-order valence-electron chi connectivity index (χ1n) is 4.77. The minimum Gasteiger partial charge on any atom is -0.296 e. The quantitative estimate of drug-likeness (QED) is 0.665. The Morgan fingerprint density at radius 1 is 1.62 bits per heavy atom. The summed E-state index contributed by atoms with van der Waals surface area (Å²) in [6.45, 7) is 4.26. The minimum absolute atomic E-state index is 0.446. The topological polar surface area (TPSA) is 34.9 Å². The van der Waals surface area contributed by atoms with E-state index < -0.39 is 0 Å². The Balaban J connectivity index is 2.38. The van der Waals surface area contributed by atoms with Crippen LogP contribution in [0, 0.1) is 0 Å². The summed E-state index contributed by atoms with van der Waals surface area (Å²) in [5.74, 6) is 0.446. The van der Waals surface area contributed by atoms with Crippen molar-refractivity contribution < 1.29 is 4.79 Å². The summed E-state index contributed by atoms with van der Waals surface area (Å²) in [7, 11) is 0. The van der Waals surface area contributed by atoms with Crippen molar-refractivity contribution in [1.82, 2.24) is 9.78 Å². The lowest BCUT2D eigenvalue weighted by atomic mass is 10.1. The van der Waals surface area contributed by atoms with Gasteiger partial charge in [0.2, 0.25) is 0 Å². The van der Waals surface area contributed by atoms with Crippen molar-refractivity contribution in [3.63, 3.8) is 0 Å². The fourth-order valence-corrected chi connectivity index (χ4v) is 1.53. The molecule has 1 aliphatic carbocycles. The van der Waals surface area contributed by atoms with E-state index >= 15 is 0 Å². The van der Waals surface area contributed by atoms with Gasteiger partial charge in [-0.2, -0.15) is 5.10 Å². The Hall–Kier alpha value is -1.12. The number of hydrogen-bond donors (Lipinski definition) is 0. The average molecular weight is 178 g/mol. The van der Waals surface area contributed by atoms with Crippen LogP contribution in [0.5, 0.6) is 0 Å². The molecule has 0 spiro atoms. The fraction of sp³-hybridized carbons (Fsp3) is 0.600. The van der Waals surface area contributed by atoms with Crippen LogP contribution in [-0.2, 0) is 0 Å². The monoisotopic (exact) mass is 178 g/mol.